The van der Waals surface area contributed by atoms with Crippen LogP contribution in [-0.4, -0.2) is 24.5 Å². The molecule has 1 amide bonds. The lowest BCUT2D eigenvalue weighted by molar-refractivity contribution is -0.112. The lowest BCUT2D eigenvalue weighted by atomic mass is 9.98. The smallest absolute Gasteiger partial charge is 0.407 e. The number of ether oxygens (including phenoxy) is 1. The van der Waals surface area contributed by atoms with Gasteiger partial charge in [-0.2, -0.15) is 0 Å². The summed E-state index contributed by atoms with van der Waals surface area (Å²) in [5.41, 5.74) is 3.67. The number of nitrogens with one attached hydrogen (secondary N) is 1. The maximum Gasteiger partial charge on any atom is 0.407 e. The van der Waals surface area contributed by atoms with Gasteiger partial charge in [-0.3, -0.25) is 0 Å². The third-order valence-electron chi connectivity index (χ3n) is 4.56. The molecule has 1 aliphatic rings. The van der Waals surface area contributed by atoms with E-state index in [0.717, 1.165) is 11.1 Å². The predicted molar refractivity (Wildman–Crippen MR) is 97.5 cm³/mol. The van der Waals surface area contributed by atoms with E-state index >= 15 is 0 Å². The molecule has 25 heavy (non-hydrogen) atoms. The number of benzene rings is 2. The number of hydrogen-bond acceptors (Lipinski definition) is 3. The van der Waals surface area contributed by atoms with E-state index in [0.29, 0.717) is 12.7 Å². The summed E-state index contributed by atoms with van der Waals surface area (Å²) in [7, 11) is 0. The monoisotopic (exact) mass is 335 g/mol. The fourth-order valence-corrected chi connectivity index (χ4v) is 3.30. The van der Waals surface area contributed by atoms with Crippen molar-refractivity contribution in [3.05, 3.63) is 72.3 Å². The Kier molecular flexibility index (Phi) is 4.70. The Morgan fingerprint density at radius 3 is 2.24 bits per heavy atom. The van der Waals surface area contributed by atoms with Crippen molar-refractivity contribution >= 4 is 12.4 Å². The van der Waals surface area contributed by atoms with E-state index in [1.165, 1.54) is 11.1 Å². The molecular weight excluding hydrogens is 314 g/mol. The first-order valence-electron chi connectivity index (χ1n) is 8.28. The molecule has 0 radical (unpaired) electrons. The van der Waals surface area contributed by atoms with E-state index in [4.69, 9.17) is 4.74 Å². The zero-order valence-corrected chi connectivity index (χ0v) is 14.2. The van der Waals surface area contributed by atoms with Gasteiger partial charge in [0.15, 0.2) is 0 Å². The van der Waals surface area contributed by atoms with Crippen molar-refractivity contribution in [2.75, 3.05) is 6.61 Å². The number of alkyl carbamates (subject to hydrolysis) is 1. The number of aldehydes is 1. The summed E-state index contributed by atoms with van der Waals surface area (Å²) in [6.07, 6.45) is 2.05. The molecule has 1 aliphatic carbocycles. The molecule has 0 saturated carbocycles. The van der Waals surface area contributed by atoms with E-state index < -0.39 is 11.6 Å². The Morgan fingerprint density at radius 2 is 1.72 bits per heavy atom. The molecule has 1 atom stereocenters. The summed E-state index contributed by atoms with van der Waals surface area (Å²) in [5.74, 6) is 0.0000385. The van der Waals surface area contributed by atoms with Crippen LogP contribution in [0.2, 0.25) is 0 Å². The van der Waals surface area contributed by atoms with Crippen molar-refractivity contribution in [2.24, 2.45) is 0 Å². The average molecular weight is 335 g/mol. The van der Waals surface area contributed by atoms with Crippen LogP contribution in [0.5, 0.6) is 0 Å². The first kappa shape index (κ1) is 17.0. The molecule has 2 aromatic carbocycles. The normalized spacial score (nSPS) is 14.8. The Hall–Kier alpha value is -2.88. The molecule has 3 rings (SSSR count). The van der Waals surface area contributed by atoms with E-state index in [9.17, 15) is 9.59 Å². The van der Waals surface area contributed by atoms with Crippen LogP contribution in [0.3, 0.4) is 0 Å². The summed E-state index contributed by atoms with van der Waals surface area (Å²) < 4.78 is 5.44. The summed E-state index contributed by atoms with van der Waals surface area (Å²) in [6.45, 7) is 5.48. The van der Waals surface area contributed by atoms with Crippen molar-refractivity contribution in [1.82, 2.24) is 5.32 Å². The van der Waals surface area contributed by atoms with E-state index in [1.807, 2.05) is 24.3 Å². The van der Waals surface area contributed by atoms with E-state index in [-0.39, 0.29) is 12.5 Å². The molecule has 0 fully saturated rings. The molecule has 128 valence electrons. The molecule has 4 nitrogen and oxygen atoms in total. The zero-order valence-electron chi connectivity index (χ0n) is 14.2. The van der Waals surface area contributed by atoms with Crippen LogP contribution >= 0.6 is 0 Å². The third-order valence-corrected chi connectivity index (χ3v) is 4.56. The second kappa shape index (κ2) is 6.93. The molecule has 4 heteroatoms. The maximum atomic E-state index is 12.1. The minimum Gasteiger partial charge on any atom is -0.449 e. The molecule has 2 aromatic rings. The van der Waals surface area contributed by atoms with Gasteiger partial charge >= 0.3 is 6.09 Å². The molecule has 0 spiro atoms. The Morgan fingerprint density at radius 1 is 1.16 bits per heavy atom. The van der Waals surface area contributed by atoms with Crippen LogP contribution in [0.15, 0.2) is 61.2 Å². The summed E-state index contributed by atoms with van der Waals surface area (Å²) in [6, 6.07) is 16.3. The number of hydrogen-bond donors (Lipinski definition) is 1. The number of amides is 1. The Labute approximate surface area is 147 Å². The molecule has 0 aliphatic heterocycles. The van der Waals surface area contributed by atoms with Gasteiger partial charge in [-0.05, 0) is 35.6 Å². The first-order chi connectivity index (χ1) is 12.1. The highest BCUT2D eigenvalue weighted by molar-refractivity contribution is 5.79. The highest BCUT2D eigenvalue weighted by atomic mass is 16.5. The molecule has 0 unspecified atom stereocenters. The SMILES string of the molecule is C=CC[C@](C)(C=O)NC(=O)OCC1c2ccccc2-c2ccccc21. The summed E-state index contributed by atoms with van der Waals surface area (Å²) in [5, 5.41) is 2.62. The Balaban J connectivity index is 1.74. The quantitative estimate of drug-likeness (QED) is 0.640. The number of carbonyl (C=O) groups excluding carboxylic acids is 2. The van der Waals surface area contributed by atoms with Crippen molar-refractivity contribution < 1.29 is 14.3 Å². The second-order valence-corrected chi connectivity index (χ2v) is 6.48. The van der Waals surface area contributed by atoms with E-state index in [2.05, 4.69) is 36.2 Å². The second-order valence-electron chi connectivity index (χ2n) is 6.48. The van der Waals surface area contributed by atoms with Crippen LogP contribution in [-0.2, 0) is 9.53 Å². The Bertz CT molecular complexity index is 769. The molecule has 1 N–H and O–H groups in total. The van der Waals surface area contributed by atoms with Gasteiger partial charge < -0.3 is 14.8 Å². The predicted octanol–water partition coefficient (Wildman–Crippen LogP) is 4.06. The number of fused-ring (bicyclic) bond motifs is 3. The van der Waals surface area contributed by atoms with Crippen molar-refractivity contribution in [3.63, 3.8) is 0 Å². The van der Waals surface area contributed by atoms with Gasteiger partial charge in [-0.25, -0.2) is 4.79 Å². The lowest BCUT2D eigenvalue weighted by Crippen LogP contribution is -2.47. The van der Waals surface area contributed by atoms with Crippen molar-refractivity contribution in [1.29, 1.82) is 0 Å². The molecule has 0 saturated heterocycles. The third kappa shape index (κ3) is 3.33. The summed E-state index contributed by atoms with van der Waals surface area (Å²) in [4.78, 5) is 23.4. The highest BCUT2D eigenvalue weighted by Crippen LogP contribution is 2.44. The van der Waals surface area contributed by atoms with E-state index in [1.54, 1.807) is 13.0 Å². The van der Waals surface area contributed by atoms with Gasteiger partial charge in [0.2, 0.25) is 0 Å². The van der Waals surface area contributed by atoms with Crippen LogP contribution in [0.1, 0.15) is 30.4 Å². The fraction of sp³-hybridized carbons (Fsp3) is 0.238. The van der Waals surface area contributed by atoms with Crippen molar-refractivity contribution in [3.8, 4) is 11.1 Å². The number of rotatable bonds is 6. The van der Waals surface area contributed by atoms with Gasteiger partial charge in [0.1, 0.15) is 12.9 Å². The number of carbonyl (C=O) groups is 2. The molecule has 0 bridgehead atoms. The van der Waals surface area contributed by atoms with Crippen LogP contribution in [0, 0.1) is 0 Å². The van der Waals surface area contributed by atoms with Crippen LogP contribution in [0.4, 0.5) is 4.79 Å². The van der Waals surface area contributed by atoms with Gasteiger partial charge in [0.25, 0.3) is 0 Å². The first-order valence-corrected chi connectivity index (χ1v) is 8.28. The maximum absolute atomic E-state index is 12.1. The molecule has 0 heterocycles. The topological polar surface area (TPSA) is 55.4 Å². The summed E-state index contributed by atoms with van der Waals surface area (Å²) >= 11 is 0. The van der Waals surface area contributed by atoms with Crippen molar-refractivity contribution in [2.45, 2.75) is 24.8 Å². The van der Waals surface area contributed by atoms with Gasteiger partial charge in [-0.1, -0.05) is 54.6 Å². The minimum absolute atomic E-state index is 0.0000385. The van der Waals surface area contributed by atoms with Gasteiger partial charge in [0.05, 0.1) is 5.54 Å². The minimum atomic E-state index is -0.996. The molecular formula is C21H21NO3. The van der Waals surface area contributed by atoms with Crippen LogP contribution in [0.25, 0.3) is 11.1 Å². The van der Waals surface area contributed by atoms with Crippen LogP contribution < -0.4 is 5.32 Å². The highest BCUT2D eigenvalue weighted by Gasteiger charge is 2.30. The standard InChI is InChI=1S/C21H21NO3/c1-3-12-21(2,14-23)22-20(24)25-13-19-17-10-6-4-8-15(17)16-9-5-7-11-18(16)19/h3-11,14,19H,1,12-13H2,2H3,(H,22,24)/t21-/m1/s1. The van der Waals surface area contributed by atoms with Gasteiger partial charge in [-0.15, -0.1) is 6.58 Å². The average Bonchev–Trinajstić information content (AvgIpc) is 2.94. The fourth-order valence-electron chi connectivity index (χ4n) is 3.30. The largest absolute Gasteiger partial charge is 0.449 e. The zero-order chi connectivity index (χ0) is 17.9. The molecule has 0 aromatic heterocycles. The lowest BCUT2D eigenvalue weighted by Gasteiger charge is -2.23. The van der Waals surface area contributed by atoms with Gasteiger partial charge in [0, 0.05) is 5.92 Å².